The molecule has 9 heterocycles. The van der Waals surface area contributed by atoms with Gasteiger partial charge in [-0.2, -0.15) is 0 Å². The molecule has 2 aliphatic carbocycles. The molecule has 12 heteroatoms. The van der Waals surface area contributed by atoms with Crippen molar-refractivity contribution >= 4 is 11.4 Å². The predicted octanol–water partition coefficient (Wildman–Crippen LogP) is 1.74. The van der Waals surface area contributed by atoms with Gasteiger partial charge in [-0.25, -0.2) is 0 Å². The second-order valence-corrected chi connectivity index (χ2v) is 22.1. The number of quaternary nitrogens is 2. The fourth-order valence-electron chi connectivity index (χ4n) is 18.5. The van der Waals surface area contributed by atoms with Crippen LogP contribution in [0.5, 0.6) is 23.0 Å². The summed E-state index contributed by atoms with van der Waals surface area (Å²) >= 11 is 0. The van der Waals surface area contributed by atoms with Gasteiger partial charge >= 0.3 is 0 Å². The molecular weight excluding hydrogens is 896 g/mol. The van der Waals surface area contributed by atoms with Gasteiger partial charge in [0.1, 0.15) is 50.7 Å². The average Bonchev–Trinajstić information content (AvgIpc) is 3.97. The Morgan fingerprint density at radius 1 is 0.559 bits per heavy atom. The lowest BCUT2D eigenvalue weighted by Crippen LogP contribution is -3.00. The molecule has 15 rings (SSSR count). The molecule has 14 atom stereocenters. The molecule has 3 unspecified atom stereocenters. The number of hydrogen-bond donors (Lipinski definition) is 0. The van der Waals surface area contributed by atoms with Gasteiger partial charge in [-0.15, -0.1) is 0 Å². The molecular formula is C56H62Cl2N4O6. The van der Waals surface area contributed by atoms with Gasteiger partial charge in [-0.3, -0.25) is 0 Å². The summed E-state index contributed by atoms with van der Waals surface area (Å²) in [6, 6.07) is 34.1. The highest BCUT2D eigenvalue weighted by molar-refractivity contribution is 5.72. The largest absolute Gasteiger partial charge is 1.00 e. The lowest BCUT2D eigenvalue weighted by molar-refractivity contribution is -0.955. The fraction of sp³-hybridized carbons (Fsp3) is 0.500. The summed E-state index contributed by atoms with van der Waals surface area (Å²) in [5.74, 6) is 4.63. The Labute approximate surface area is 412 Å². The van der Waals surface area contributed by atoms with E-state index in [-0.39, 0.29) is 72.0 Å². The molecule has 4 aromatic rings. The van der Waals surface area contributed by atoms with Gasteiger partial charge in [-0.05, 0) is 70.8 Å². The third-order valence-electron chi connectivity index (χ3n) is 20.4. The molecule has 0 radical (unpaired) electrons. The molecule has 5 saturated heterocycles. The molecule has 0 aromatic heterocycles. The molecule has 0 amide bonds. The molecule has 9 aliphatic heterocycles. The number of halogens is 2. The van der Waals surface area contributed by atoms with Gasteiger partial charge in [0, 0.05) is 71.9 Å². The summed E-state index contributed by atoms with van der Waals surface area (Å²) in [7, 11) is 6.99. The molecule has 68 heavy (non-hydrogen) atoms. The number of methoxy groups -OCH3 is 4. The number of para-hydroxylation sites is 2. The van der Waals surface area contributed by atoms with Crippen LogP contribution >= 0.6 is 0 Å². The maximum Gasteiger partial charge on any atom is 0.161 e. The monoisotopic (exact) mass is 956 g/mol. The Balaban J connectivity index is 0.00000229. The first kappa shape index (κ1) is 43.6. The van der Waals surface area contributed by atoms with E-state index < -0.39 is 0 Å². The van der Waals surface area contributed by atoms with Crippen molar-refractivity contribution in [3.8, 4) is 23.0 Å². The van der Waals surface area contributed by atoms with Crippen molar-refractivity contribution in [3.63, 3.8) is 0 Å². The van der Waals surface area contributed by atoms with Crippen LogP contribution in [0.15, 0.2) is 108 Å². The highest BCUT2D eigenvalue weighted by Crippen LogP contribution is 2.73. The van der Waals surface area contributed by atoms with E-state index in [0.29, 0.717) is 37.1 Å². The molecule has 11 aliphatic rings. The van der Waals surface area contributed by atoms with E-state index >= 15 is 0 Å². The third-order valence-corrected chi connectivity index (χ3v) is 20.4. The van der Waals surface area contributed by atoms with Crippen LogP contribution in [0.4, 0.5) is 11.4 Å². The number of nitrogens with zero attached hydrogens (tertiary/aromatic N) is 4. The second-order valence-electron chi connectivity index (χ2n) is 22.1. The molecule has 10 nitrogen and oxygen atoms in total. The van der Waals surface area contributed by atoms with Crippen LogP contribution in [0.1, 0.15) is 47.9 Å². The second kappa shape index (κ2) is 15.0. The van der Waals surface area contributed by atoms with Crippen molar-refractivity contribution in [1.82, 2.24) is 0 Å². The normalized spacial score (nSPS) is 39.3. The van der Waals surface area contributed by atoms with Crippen LogP contribution in [-0.2, 0) is 33.4 Å². The van der Waals surface area contributed by atoms with E-state index in [9.17, 15) is 0 Å². The Morgan fingerprint density at radius 2 is 0.985 bits per heavy atom. The number of piperidine rings is 2. The highest BCUT2D eigenvalue weighted by atomic mass is 35.5. The predicted molar refractivity (Wildman–Crippen MR) is 251 cm³/mol. The maximum absolute atomic E-state index is 7.70. The third kappa shape index (κ3) is 5.15. The quantitative estimate of drug-likeness (QED) is 0.196. The van der Waals surface area contributed by atoms with E-state index in [1.165, 1.54) is 48.2 Å². The minimum atomic E-state index is -0.0517. The number of hydrogen-bond acceptors (Lipinski definition) is 8. The van der Waals surface area contributed by atoms with Crippen molar-refractivity contribution in [2.45, 2.75) is 86.2 Å². The van der Waals surface area contributed by atoms with Crippen molar-refractivity contribution < 1.29 is 62.2 Å². The van der Waals surface area contributed by atoms with E-state index in [4.69, 9.17) is 28.4 Å². The molecule has 356 valence electrons. The van der Waals surface area contributed by atoms with Crippen LogP contribution in [0.3, 0.4) is 0 Å². The Morgan fingerprint density at radius 3 is 1.41 bits per heavy atom. The standard InChI is InChI=1S/C56H62N4O6.2ClH/c1-61-43-15-13-33(25-45(43)63-3)29-59-21-19-55-39-9-5-7-11-41(39)57-51(55)49-37(27-47(55)59)35(31-59)17-23-65-53(49)58-42-12-8-6-10-40(42)56-20-22-60(30-34-14-16-44(62-2)46(26-34)64-4)32-36-18-24-66-54(57)50(52(56)58)38(36)28-48(56)60;;/h5-18,25-26,37-38,47-54H,19-24,27-32H2,1-4H3;2*1H/q+2;;/p-2/t37-,38-,47-,48-,49+,50?,51-,52-,53+,54+,55+,56+,59?,60?;;/m0../s1. The lowest BCUT2D eigenvalue weighted by atomic mass is 9.52. The van der Waals surface area contributed by atoms with Crippen molar-refractivity contribution in [2.24, 2.45) is 23.7 Å². The molecule has 7 fully saturated rings. The summed E-state index contributed by atoms with van der Waals surface area (Å²) < 4.78 is 40.8. The van der Waals surface area contributed by atoms with Gasteiger partial charge in [0.15, 0.2) is 23.0 Å². The van der Waals surface area contributed by atoms with E-state index in [1.807, 2.05) is 0 Å². The molecule has 2 saturated carbocycles. The maximum atomic E-state index is 7.70. The van der Waals surface area contributed by atoms with Crippen LogP contribution < -0.4 is 53.6 Å². The van der Waals surface area contributed by atoms with Gasteiger partial charge < -0.3 is 72.0 Å². The molecule has 2 spiro atoms. The minimum Gasteiger partial charge on any atom is -1.00 e. The number of fused-ring (bicyclic) bond motifs is 6. The fourth-order valence-corrected chi connectivity index (χ4v) is 18.5. The van der Waals surface area contributed by atoms with E-state index in [2.05, 4.69) is 107 Å². The highest BCUT2D eigenvalue weighted by Gasteiger charge is 2.81. The van der Waals surface area contributed by atoms with Gasteiger partial charge in [0.2, 0.25) is 0 Å². The summed E-state index contributed by atoms with van der Waals surface area (Å²) in [4.78, 5) is 5.95. The first-order chi connectivity index (χ1) is 32.4. The minimum absolute atomic E-state index is 0. The topological polar surface area (TPSA) is 61.9 Å². The van der Waals surface area contributed by atoms with Gasteiger partial charge in [-0.1, -0.05) is 48.6 Å². The first-order valence-electron chi connectivity index (χ1n) is 24.9. The molecule has 4 aromatic carbocycles. The Kier molecular flexibility index (Phi) is 9.65. The Bertz CT molecular complexity index is 2620. The number of anilines is 2. The van der Waals surface area contributed by atoms with Crippen molar-refractivity contribution in [3.05, 3.63) is 130 Å². The van der Waals surface area contributed by atoms with Crippen molar-refractivity contribution in [2.75, 3.05) is 77.6 Å². The summed E-state index contributed by atoms with van der Waals surface area (Å²) in [5, 5.41) is 0. The SMILES string of the molecule is COc1ccc(C[N+]23CC[C@@]45c6ccccc6N6[C@@H]7OCC=C8C[N+]9(Cc%10ccc(OC)c(OC)c%10)CC[C@]%10%11c%12ccccc%12N([C@@H]%12OCC=C(C2)[C@H](C[C@@H]43)C%12[C@H]65)[C@H]%10[C@H]7[C@H]8C[C@@H]%119)cc1OC.[Cl-].[Cl-]. The van der Waals surface area contributed by atoms with Crippen molar-refractivity contribution in [1.29, 1.82) is 0 Å². The zero-order valence-corrected chi connectivity index (χ0v) is 41.0. The molecule has 0 N–H and O–H groups in total. The van der Waals surface area contributed by atoms with E-state index in [1.54, 1.807) is 50.7 Å². The Hall–Kier alpha value is -4.42. The smallest absolute Gasteiger partial charge is 0.161 e. The number of ether oxygens (including phenoxy) is 6. The first-order valence-corrected chi connectivity index (χ1v) is 24.9. The average molecular weight is 958 g/mol. The van der Waals surface area contributed by atoms with Crippen LogP contribution in [0, 0.1) is 23.7 Å². The van der Waals surface area contributed by atoms with Crippen LogP contribution in [0.2, 0.25) is 0 Å². The zero-order chi connectivity index (χ0) is 43.9. The number of benzene rings is 4. The van der Waals surface area contributed by atoms with Gasteiger partial charge in [0.05, 0.1) is 77.7 Å². The summed E-state index contributed by atoms with van der Waals surface area (Å²) in [6.07, 6.45) is 9.71. The van der Waals surface area contributed by atoms with Gasteiger partial charge in [0.25, 0.3) is 0 Å². The number of rotatable bonds is 8. The summed E-state index contributed by atoms with van der Waals surface area (Å²) in [5.41, 5.74) is 11.8. The lowest BCUT2D eigenvalue weighted by Gasteiger charge is -2.65. The van der Waals surface area contributed by atoms with Crippen LogP contribution in [-0.4, -0.2) is 113 Å². The van der Waals surface area contributed by atoms with E-state index in [0.717, 1.165) is 71.2 Å². The zero-order valence-electron chi connectivity index (χ0n) is 39.5. The molecule has 4 bridgehead atoms. The van der Waals surface area contributed by atoms with Crippen LogP contribution in [0.25, 0.3) is 0 Å². The summed E-state index contributed by atoms with van der Waals surface area (Å²) in [6.45, 7) is 7.73.